The van der Waals surface area contributed by atoms with Gasteiger partial charge in [0.25, 0.3) is 11.5 Å². The van der Waals surface area contributed by atoms with Crippen molar-refractivity contribution < 1.29 is 14.3 Å². The van der Waals surface area contributed by atoms with E-state index in [2.05, 4.69) is 9.97 Å². The number of methoxy groups -OCH3 is 1. The minimum Gasteiger partial charge on any atom is -0.481 e. The van der Waals surface area contributed by atoms with Crippen molar-refractivity contribution in [3.05, 3.63) is 63.2 Å². The number of piperidine rings is 1. The molecule has 10 heteroatoms. The van der Waals surface area contributed by atoms with Crippen molar-refractivity contribution in [1.82, 2.24) is 24.3 Å². The molecule has 9 nitrogen and oxygen atoms in total. The molecule has 2 aromatic heterocycles. The van der Waals surface area contributed by atoms with E-state index in [0.29, 0.717) is 49.7 Å². The predicted octanol–water partition coefficient (Wildman–Crippen LogP) is 3.08. The molecule has 0 radical (unpaired) electrons. The first-order valence-electron chi connectivity index (χ1n) is 12.5. The molecule has 2 aliphatic rings. The minimum atomic E-state index is -0.158. The minimum absolute atomic E-state index is 0.0252. The number of para-hydroxylation sites is 2. The van der Waals surface area contributed by atoms with E-state index in [1.54, 1.807) is 23.7 Å². The smallest absolute Gasteiger partial charge is 0.272 e. The third-order valence-electron chi connectivity index (χ3n) is 7.75. The van der Waals surface area contributed by atoms with Gasteiger partial charge in [-0.15, -0.1) is 0 Å². The van der Waals surface area contributed by atoms with Crippen LogP contribution in [0.1, 0.15) is 41.7 Å². The lowest BCUT2D eigenvalue weighted by Crippen LogP contribution is -2.44. The van der Waals surface area contributed by atoms with Crippen LogP contribution >= 0.6 is 11.6 Å². The van der Waals surface area contributed by atoms with Gasteiger partial charge in [-0.1, -0.05) is 23.7 Å². The van der Waals surface area contributed by atoms with Crippen molar-refractivity contribution in [2.24, 2.45) is 12.5 Å². The fraction of sp³-hybridized carbons (Fsp3) is 0.444. The van der Waals surface area contributed by atoms with Gasteiger partial charge in [0.05, 0.1) is 18.1 Å². The molecular formula is C27H30ClN5O4. The summed E-state index contributed by atoms with van der Waals surface area (Å²) in [6.07, 6.45) is 3.17. The Morgan fingerprint density at radius 3 is 2.49 bits per heavy atom. The zero-order valence-electron chi connectivity index (χ0n) is 21.1. The molecule has 2 amide bonds. The third-order valence-corrected chi connectivity index (χ3v) is 7.95. The molecule has 0 saturated carbocycles. The number of likely N-dealkylation sites (tertiary alicyclic amines) is 2. The third kappa shape index (κ3) is 5.05. The average Bonchev–Trinajstić information content (AvgIpc) is 3.32. The first-order chi connectivity index (χ1) is 17.8. The summed E-state index contributed by atoms with van der Waals surface area (Å²) in [7, 11) is 3.22. The maximum atomic E-state index is 13.0. The van der Waals surface area contributed by atoms with Gasteiger partial charge in [-0.05, 0) is 42.9 Å². The van der Waals surface area contributed by atoms with Crippen LogP contribution < -0.4 is 10.3 Å². The lowest BCUT2D eigenvalue weighted by molar-refractivity contribution is -0.130. The number of ether oxygens (including phenoxy) is 1. The summed E-state index contributed by atoms with van der Waals surface area (Å²) in [5.41, 5.74) is 2.28. The molecule has 0 atom stereocenters. The van der Waals surface area contributed by atoms with Gasteiger partial charge in [0.15, 0.2) is 0 Å². The zero-order valence-corrected chi connectivity index (χ0v) is 21.8. The molecule has 0 aliphatic carbocycles. The number of aryl methyl sites for hydroxylation is 2. The molecule has 3 aromatic rings. The standard InChI is InChI=1S/C27H30ClN5O4/c1-31-21-6-4-3-5-19(21)29-20(26(31)36)7-8-24(34)33-14-11-27(17-33)9-12-32(13-10-27)25(35)18-15-22(28)30-23(16-18)37-2/h3-6,15-16H,7-14,17H2,1-2H3. The van der Waals surface area contributed by atoms with Gasteiger partial charge >= 0.3 is 0 Å². The molecule has 0 bridgehead atoms. The molecule has 2 aliphatic heterocycles. The van der Waals surface area contributed by atoms with Crippen LogP contribution in [0.5, 0.6) is 5.88 Å². The lowest BCUT2D eigenvalue weighted by Gasteiger charge is -2.39. The van der Waals surface area contributed by atoms with Crippen LogP contribution in [0.3, 0.4) is 0 Å². The molecule has 2 fully saturated rings. The zero-order chi connectivity index (χ0) is 26.2. The van der Waals surface area contributed by atoms with Gasteiger partial charge in [-0.2, -0.15) is 0 Å². The van der Waals surface area contributed by atoms with E-state index in [-0.39, 0.29) is 34.4 Å². The molecular weight excluding hydrogens is 494 g/mol. The quantitative estimate of drug-likeness (QED) is 0.477. The van der Waals surface area contributed by atoms with E-state index in [9.17, 15) is 14.4 Å². The van der Waals surface area contributed by atoms with E-state index >= 15 is 0 Å². The molecule has 2 saturated heterocycles. The molecule has 194 valence electrons. The van der Waals surface area contributed by atoms with Crippen molar-refractivity contribution in [3.8, 4) is 5.88 Å². The Morgan fingerprint density at radius 1 is 1.05 bits per heavy atom. The fourth-order valence-electron chi connectivity index (χ4n) is 5.51. The summed E-state index contributed by atoms with van der Waals surface area (Å²) < 4.78 is 6.73. The Balaban J connectivity index is 1.18. The summed E-state index contributed by atoms with van der Waals surface area (Å²) >= 11 is 6.04. The number of hydrogen-bond donors (Lipinski definition) is 0. The molecule has 1 aromatic carbocycles. The van der Waals surface area contributed by atoms with Crippen molar-refractivity contribution in [2.75, 3.05) is 33.3 Å². The molecule has 37 heavy (non-hydrogen) atoms. The van der Waals surface area contributed by atoms with Gasteiger partial charge in [0, 0.05) is 57.7 Å². The van der Waals surface area contributed by atoms with Gasteiger partial charge in [0.1, 0.15) is 10.8 Å². The van der Waals surface area contributed by atoms with Crippen LogP contribution in [0.2, 0.25) is 5.15 Å². The first-order valence-corrected chi connectivity index (χ1v) is 12.9. The van der Waals surface area contributed by atoms with E-state index in [4.69, 9.17) is 16.3 Å². The molecule has 1 spiro atoms. The van der Waals surface area contributed by atoms with E-state index in [1.807, 2.05) is 34.1 Å². The maximum Gasteiger partial charge on any atom is 0.272 e. The lowest BCUT2D eigenvalue weighted by atomic mass is 9.77. The normalized spacial score (nSPS) is 16.9. The number of hydrogen-bond acceptors (Lipinski definition) is 6. The second-order valence-corrected chi connectivity index (χ2v) is 10.4. The van der Waals surface area contributed by atoms with Crippen molar-refractivity contribution >= 4 is 34.4 Å². The Bertz CT molecular complexity index is 1410. The van der Waals surface area contributed by atoms with Crippen LogP contribution in [0.25, 0.3) is 11.0 Å². The Hall–Kier alpha value is -3.46. The van der Waals surface area contributed by atoms with Crippen molar-refractivity contribution in [2.45, 2.75) is 32.1 Å². The fourth-order valence-corrected chi connectivity index (χ4v) is 5.71. The highest BCUT2D eigenvalue weighted by Crippen LogP contribution is 2.41. The summed E-state index contributed by atoms with van der Waals surface area (Å²) in [4.78, 5) is 51.1. The number of nitrogens with zero attached hydrogens (tertiary/aromatic N) is 5. The largest absolute Gasteiger partial charge is 0.481 e. The van der Waals surface area contributed by atoms with Gasteiger partial charge in [-0.25, -0.2) is 9.97 Å². The average molecular weight is 524 g/mol. The molecule has 5 rings (SSSR count). The summed E-state index contributed by atoms with van der Waals surface area (Å²) in [5.74, 6) is 0.268. The van der Waals surface area contributed by atoms with Crippen LogP contribution in [-0.2, 0) is 18.3 Å². The van der Waals surface area contributed by atoms with Crippen molar-refractivity contribution in [1.29, 1.82) is 0 Å². The van der Waals surface area contributed by atoms with E-state index in [1.165, 1.54) is 7.11 Å². The number of carbonyl (C=O) groups is 2. The van der Waals surface area contributed by atoms with Gasteiger partial charge < -0.3 is 19.1 Å². The van der Waals surface area contributed by atoms with Crippen LogP contribution in [0.15, 0.2) is 41.2 Å². The van der Waals surface area contributed by atoms with E-state index < -0.39 is 0 Å². The first kappa shape index (κ1) is 25.2. The number of halogens is 1. The number of amides is 2. The SMILES string of the molecule is COc1cc(C(=O)N2CCC3(CCN(C(=O)CCc4nc5ccccc5n(C)c4=O)C3)CC2)cc(Cl)n1. The van der Waals surface area contributed by atoms with Crippen LogP contribution in [0, 0.1) is 5.41 Å². The monoisotopic (exact) mass is 523 g/mol. The number of pyridine rings is 1. The van der Waals surface area contributed by atoms with Crippen molar-refractivity contribution in [3.63, 3.8) is 0 Å². The number of carbonyl (C=O) groups excluding carboxylic acids is 2. The Morgan fingerprint density at radius 2 is 1.76 bits per heavy atom. The number of benzene rings is 1. The topological polar surface area (TPSA) is 97.6 Å². The molecule has 0 N–H and O–H groups in total. The summed E-state index contributed by atoms with van der Waals surface area (Å²) in [6.45, 7) is 2.64. The molecule has 4 heterocycles. The maximum absolute atomic E-state index is 13.0. The number of aromatic nitrogens is 3. The number of rotatable bonds is 5. The van der Waals surface area contributed by atoms with Gasteiger partial charge in [-0.3, -0.25) is 14.4 Å². The van der Waals surface area contributed by atoms with Crippen LogP contribution in [-0.4, -0.2) is 69.4 Å². The highest BCUT2D eigenvalue weighted by atomic mass is 35.5. The van der Waals surface area contributed by atoms with Gasteiger partial charge in [0.2, 0.25) is 11.8 Å². The number of fused-ring (bicyclic) bond motifs is 1. The Kier molecular flexibility index (Phi) is 6.90. The summed E-state index contributed by atoms with van der Waals surface area (Å²) in [5, 5.41) is 0.220. The van der Waals surface area contributed by atoms with E-state index in [0.717, 1.165) is 30.3 Å². The predicted molar refractivity (Wildman–Crippen MR) is 140 cm³/mol. The van der Waals surface area contributed by atoms with Crippen LogP contribution in [0.4, 0.5) is 0 Å². The second kappa shape index (κ2) is 10.1. The Labute approximate surface area is 220 Å². The second-order valence-electron chi connectivity index (χ2n) is 9.99. The highest BCUT2D eigenvalue weighted by molar-refractivity contribution is 6.29. The molecule has 0 unspecified atom stereocenters. The summed E-state index contributed by atoms with van der Waals surface area (Å²) in [6, 6.07) is 10.7. The highest BCUT2D eigenvalue weighted by Gasteiger charge is 2.42.